The second kappa shape index (κ2) is 5.06. The zero-order valence-corrected chi connectivity index (χ0v) is 11.2. The molecule has 1 aromatic heterocycles. The number of non-ortho nitro benzene ring substituents is 1. The minimum atomic E-state index is -0.507. The maximum absolute atomic E-state index is 12.9. The molecule has 0 aliphatic rings. The summed E-state index contributed by atoms with van der Waals surface area (Å²) < 4.78 is 12.9. The number of benzene rings is 2. The van der Waals surface area contributed by atoms with Crippen LogP contribution < -0.4 is 0 Å². The second-order valence-corrected chi connectivity index (χ2v) is 4.66. The second-order valence-electron chi connectivity index (χ2n) is 4.30. The normalized spacial score (nSPS) is 10.8. The van der Waals surface area contributed by atoms with Crippen LogP contribution >= 0.6 is 11.6 Å². The molecule has 0 saturated heterocycles. The molecule has 104 valence electrons. The van der Waals surface area contributed by atoms with E-state index in [2.05, 4.69) is 9.97 Å². The lowest BCUT2D eigenvalue weighted by molar-refractivity contribution is -0.384. The summed E-state index contributed by atoms with van der Waals surface area (Å²) in [4.78, 5) is 18.7. The molecule has 7 heteroatoms. The van der Waals surface area contributed by atoms with Crippen molar-refractivity contribution in [3.05, 3.63) is 63.5 Å². The van der Waals surface area contributed by atoms with Crippen LogP contribution in [-0.4, -0.2) is 14.9 Å². The summed E-state index contributed by atoms with van der Waals surface area (Å²) in [5.74, 6) is -0.0886. The summed E-state index contributed by atoms with van der Waals surface area (Å²) in [6, 6.07) is 9.78. The van der Waals surface area contributed by atoms with E-state index in [0.717, 1.165) is 0 Å². The van der Waals surface area contributed by atoms with E-state index in [1.165, 1.54) is 42.5 Å². The molecule has 0 aliphatic carbocycles. The lowest BCUT2D eigenvalue weighted by atomic mass is 10.2. The Morgan fingerprint density at radius 1 is 1.10 bits per heavy atom. The SMILES string of the molecule is O=[N+]([O-])c1ccc2c(Cl)nc(-c3ccc(F)cc3)nc2c1. The smallest absolute Gasteiger partial charge is 0.258 e. The Bertz CT molecular complexity index is 853. The lowest BCUT2D eigenvalue weighted by Crippen LogP contribution is -1.94. The molecule has 0 bridgehead atoms. The first-order valence-corrected chi connectivity index (χ1v) is 6.30. The van der Waals surface area contributed by atoms with Crippen LogP contribution in [0.3, 0.4) is 0 Å². The largest absolute Gasteiger partial charge is 0.271 e. The summed E-state index contributed by atoms with van der Waals surface area (Å²) in [5, 5.41) is 11.5. The first-order chi connectivity index (χ1) is 10.0. The first-order valence-electron chi connectivity index (χ1n) is 5.92. The number of nitrogens with zero attached hydrogens (tertiary/aromatic N) is 3. The third-order valence-electron chi connectivity index (χ3n) is 2.95. The summed E-state index contributed by atoms with van der Waals surface area (Å²) in [5.41, 5.74) is 0.859. The van der Waals surface area contributed by atoms with Gasteiger partial charge < -0.3 is 0 Å². The van der Waals surface area contributed by atoms with E-state index in [0.29, 0.717) is 16.5 Å². The Morgan fingerprint density at radius 3 is 2.48 bits per heavy atom. The minimum Gasteiger partial charge on any atom is -0.258 e. The molecule has 0 atom stereocenters. The molecule has 3 rings (SSSR count). The van der Waals surface area contributed by atoms with E-state index >= 15 is 0 Å². The van der Waals surface area contributed by atoms with Gasteiger partial charge in [-0.25, -0.2) is 14.4 Å². The van der Waals surface area contributed by atoms with Crippen molar-refractivity contribution < 1.29 is 9.31 Å². The topological polar surface area (TPSA) is 68.9 Å². The molecule has 0 fully saturated rings. The average Bonchev–Trinajstić information content (AvgIpc) is 2.47. The number of hydrogen-bond donors (Lipinski definition) is 0. The van der Waals surface area contributed by atoms with Gasteiger partial charge in [0.15, 0.2) is 5.82 Å². The molecule has 1 heterocycles. The van der Waals surface area contributed by atoms with Crippen LogP contribution in [0.4, 0.5) is 10.1 Å². The molecule has 2 aromatic carbocycles. The highest BCUT2D eigenvalue weighted by molar-refractivity contribution is 6.34. The number of aromatic nitrogens is 2. The van der Waals surface area contributed by atoms with Gasteiger partial charge >= 0.3 is 0 Å². The van der Waals surface area contributed by atoms with Crippen LogP contribution in [-0.2, 0) is 0 Å². The van der Waals surface area contributed by atoms with E-state index < -0.39 is 4.92 Å². The molecule has 0 saturated carbocycles. The number of fused-ring (bicyclic) bond motifs is 1. The van der Waals surface area contributed by atoms with Gasteiger partial charge in [0.25, 0.3) is 5.69 Å². The third kappa shape index (κ3) is 2.53. The monoisotopic (exact) mass is 303 g/mol. The van der Waals surface area contributed by atoms with E-state index in [1.807, 2.05) is 0 Å². The third-order valence-corrected chi connectivity index (χ3v) is 3.24. The minimum absolute atomic E-state index is 0.0812. The van der Waals surface area contributed by atoms with Gasteiger partial charge in [0.1, 0.15) is 11.0 Å². The van der Waals surface area contributed by atoms with Crippen LogP contribution in [0.1, 0.15) is 0 Å². The molecular weight excluding hydrogens is 297 g/mol. The number of nitro benzene ring substituents is 1. The van der Waals surface area contributed by atoms with E-state index in [-0.39, 0.29) is 22.5 Å². The standard InChI is InChI=1S/C14H7ClFN3O2/c15-13-11-6-5-10(19(20)21)7-12(11)17-14(18-13)8-1-3-9(16)4-2-8/h1-7H. The van der Waals surface area contributed by atoms with Gasteiger partial charge in [0.05, 0.1) is 10.4 Å². The Kier molecular flexibility index (Phi) is 3.23. The van der Waals surface area contributed by atoms with Crippen LogP contribution in [0.5, 0.6) is 0 Å². The van der Waals surface area contributed by atoms with Gasteiger partial charge in [0.2, 0.25) is 0 Å². The first kappa shape index (κ1) is 13.4. The molecular formula is C14H7ClFN3O2. The molecule has 0 amide bonds. The quantitative estimate of drug-likeness (QED) is 0.407. The van der Waals surface area contributed by atoms with Crippen molar-refractivity contribution in [3.63, 3.8) is 0 Å². The van der Waals surface area contributed by atoms with Gasteiger partial charge in [-0.15, -0.1) is 0 Å². The summed E-state index contributed by atoms with van der Waals surface area (Å²) >= 11 is 6.08. The summed E-state index contributed by atoms with van der Waals surface area (Å²) in [6.45, 7) is 0. The van der Waals surface area contributed by atoms with Gasteiger partial charge in [0, 0.05) is 23.1 Å². The van der Waals surface area contributed by atoms with Gasteiger partial charge in [-0.3, -0.25) is 10.1 Å². The fourth-order valence-corrected chi connectivity index (χ4v) is 2.16. The lowest BCUT2D eigenvalue weighted by Gasteiger charge is -2.04. The Hall–Kier alpha value is -2.60. The van der Waals surface area contributed by atoms with Crippen molar-refractivity contribution in [1.82, 2.24) is 9.97 Å². The Morgan fingerprint density at radius 2 is 1.81 bits per heavy atom. The van der Waals surface area contributed by atoms with Crippen molar-refractivity contribution in [2.45, 2.75) is 0 Å². The number of hydrogen-bond acceptors (Lipinski definition) is 4. The predicted molar refractivity (Wildman–Crippen MR) is 76.6 cm³/mol. The molecule has 21 heavy (non-hydrogen) atoms. The molecule has 0 spiro atoms. The van der Waals surface area contributed by atoms with Crippen molar-refractivity contribution in [2.24, 2.45) is 0 Å². The number of halogens is 2. The molecule has 5 nitrogen and oxygen atoms in total. The highest BCUT2D eigenvalue weighted by Gasteiger charge is 2.12. The predicted octanol–water partition coefficient (Wildman–Crippen LogP) is 4.00. The van der Waals surface area contributed by atoms with Gasteiger partial charge in [-0.2, -0.15) is 0 Å². The van der Waals surface area contributed by atoms with Crippen molar-refractivity contribution in [1.29, 1.82) is 0 Å². The Labute approximate surface area is 123 Å². The van der Waals surface area contributed by atoms with Crippen molar-refractivity contribution in [2.75, 3.05) is 0 Å². The summed E-state index contributed by atoms with van der Waals surface area (Å²) in [7, 11) is 0. The zero-order valence-electron chi connectivity index (χ0n) is 10.5. The van der Waals surface area contributed by atoms with E-state index in [9.17, 15) is 14.5 Å². The van der Waals surface area contributed by atoms with Crippen molar-refractivity contribution in [3.8, 4) is 11.4 Å². The van der Waals surface area contributed by atoms with Crippen LogP contribution in [0.25, 0.3) is 22.3 Å². The van der Waals surface area contributed by atoms with Crippen LogP contribution in [0.15, 0.2) is 42.5 Å². The van der Waals surface area contributed by atoms with Gasteiger partial charge in [-0.1, -0.05) is 11.6 Å². The summed E-state index contributed by atoms with van der Waals surface area (Å²) in [6.07, 6.45) is 0. The molecule has 0 unspecified atom stereocenters. The fourth-order valence-electron chi connectivity index (χ4n) is 1.92. The highest BCUT2D eigenvalue weighted by atomic mass is 35.5. The van der Waals surface area contributed by atoms with E-state index in [1.54, 1.807) is 0 Å². The van der Waals surface area contributed by atoms with E-state index in [4.69, 9.17) is 11.6 Å². The Balaban J connectivity index is 2.20. The van der Waals surface area contributed by atoms with Crippen LogP contribution in [0, 0.1) is 15.9 Å². The highest BCUT2D eigenvalue weighted by Crippen LogP contribution is 2.27. The average molecular weight is 304 g/mol. The maximum Gasteiger partial charge on any atom is 0.271 e. The molecule has 0 radical (unpaired) electrons. The maximum atomic E-state index is 12.9. The van der Waals surface area contributed by atoms with Gasteiger partial charge in [-0.05, 0) is 30.3 Å². The van der Waals surface area contributed by atoms with Crippen LogP contribution in [0.2, 0.25) is 5.15 Å². The number of rotatable bonds is 2. The van der Waals surface area contributed by atoms with Crippen molar-refractivity contribution >= 4 is 28.2 Å². The number of nitro groups is 1. The zero-order chi connectivity index (χ0) is 15.0. The molecule has 0 N–H and O–H groups in total. The fraction of sp³-hybridized carbons (Fsp3) is 0. The molecule has 0 aliphatic heterocycles. The molecule has 3 aromatic rings.